The molecule has 0 bridgehead atoms. The van der Waals surface area contributed by atoms with E-state index in [4.69, 9.17) is 14.2 Å². The van der Waals surface area contributed by atoms with E-state index >= 15 is 0 Å². The van der Waals surface area contributed by atoms with Crippen LogP contribution in [0.1, 0.15) is 45.6 Å². The highest BCUT2D eigenvalue weighted by molar-refractivity contribution is 5.74. The molecule has 5 heteroatoms. The van der Waals surface area contributed by atoms with Crippen LogP contribution in [0, 0.1) is 11.8 Å². The van der Waals surface area contributed by atoms with E-state index < -0.39 is 5.60 Å². The number of rotatable bonds is 4. The Morgan fingerprint density at radius 3 is 2.58 bits per heavy atom. The van der Waals surface area contributed by atoms with Gasteiger partial charge in [-0.3, -0.25) is 9.59 Å². The molecule has 3 atom stereocenters. The summed E-state index contributed by atoms with van der Waals surface area (Å²) in [6, 6.07) is 7.64. The van der Waals surface area contributed by atoms with E-state index in [-0.39, 0.29) is 36.1 Å². The van der Waals surface area contributed by atoms with Crippen LogP contribution in [-0.4, -0.2) is 31.3 Å². The molecule has 0 aromatic heterocycles. The number of hydrogen-bond acceptors (Lipinski definition) is 5. The van der Waals surface area contributed by atoms with Crippen LogP contribution in [0.5, 0.6) is 5.75 Å². The number of carbonyl (C=O) groups excluding carboxylic acids is 2. The Bertz CT molecular complexity index is 602. The largest absolute Gasteiger partial charge is 0.493 e. The first-order valence-electron chi connectivity index (χ1n) is 8.24. The zero-order chi connectivity index (χ0) is 17.9. The third kappa shape index (κ3) is 4.28. The third-order valence-corrected chi connectivity index (χ3v) is 4.20. The lowest BCUT2D eigenvalue weighted by Crippen LogP contribution is -2.36. The molecule has 3 unspecified atom stereocenters. The summed E-state index contributed by atoms with van der Waals surface area (Å²) in [6.45, 7) is 7.73. The molecule has 0 saturated heterocycles. The van der Waals surface area contributed by atoms with Crippen LogP contribution in [0.4, 0.5) is 0 Å². The predicted molar refractivity (Wildman–Crippen MR) is 89.8 cm³/mol. The molecular weight excluding hydrogens is 308 g/mol. The lowest BCUT2D eigenvalue weighted by molar-refractivity contribution is -0.158. The minimum Gasteiger partial charge on any atom is -0.493 e. The van der Waals surface area contributed by atoms with Crippen molar-refractivity contribution in [2.75, 3.05) is 13.7 Å². The summed E-state index contributed by atoms with van der Waals surface area (Å²) < 4.78 is 16.2. The molecule has 0 N–H and O–H groups in total. The predicted octanol–water partition coefficient (Wildman–Crippen LogP) is 3.32. The maximum Gasteiger partial charge on any atom is 0.309 e. The van der Waals surface area contributed by atoms with Crippen LogP contribution in [0.25, 0.3) is 0 Å². The van der Waals surface area contributed by atoms with E-state index in [9.17, 15) is 9.59 Å². The fraction of sp³-hybridized carbons (Fsp3) is 0.579. The first-order chi connectivity index (χ1) is 11.2. The van der Waals surface area contributed by atoms with Gasteiger partial charge in [-0.15, -0.1) is 0 Å². The van der Waals surface area contributed by atoms with Crippen molar-refractivity contribution in [3.05, 3.63) is 29.8 Å². The zero-order valence-corrected chi connectivity index (χ0v) is 15.0. The lowest BCUT2D eigenvalue weighted by atomic mass is 9.74. The van der Waals surface area contributed by atoms with E-state index in [0.29, 0.717) is 6.61 Å². The Balaban J connectivity index is 2.26. The summed E-state index contributed by atoms with van der Waals surface area (Å²) in [4.78, 5) is 24.4. The van der Waals surface area contributed by atoms with Crippen molar-refractivity contribution in [2.45, 2.75) is 45.6 Å². The van der Waals surface area contributed by atoms with Crippen molar-refractivity contribution in [3.8, 4) is 5.75 Å². The van der Waals surface area contributed by atoms with Gasteiger partial charge in [-0.2, -0.15) is 0 Å². The maximum atomic E-state index is 12.3. The van der Waals surface area contributed by atoms with E-state index in [1.807, 2.05) is 52.0 Å². The van der Waals surface area contributed by atoms with Gasteiger partial charge in [-0.05, 0) is 32.4 Å². The van der Waals surface area contributed by atoms with Crippen molar-refractivity contribution < 1.29 is 23.8 Å². The minimum atomic E-state index is -0.534. The number of benzene rings is 1. The van der Waals surface area contributed by atoms with E-state index in [1.54, 1.807) is 0 Å². The Morgan fingerprint density at radius 2 is 1.96 bits per heavy atom. The smallest absolute Gasteiger partial charge is 0.309 e. The summed E-state index contributed by atoms with van der Waals surface area (Å²) in [5.41, 5.74) is 0.406. The fourth-order valence-electron chi connectivity index (χ4n) is 3.24. The molecule has 0 fully saturated rings. The molecule has 5 nitrogen and oxygen atoms in total. The summed E-state index contributed by atoms with van der Waals surface area (Å²) >= 11 is 0. The number of carbonyl (C=O) groups is 2. The molecule has 1 aromatic rings. The van der Waals surface area contributed by atoms with Crippen LogP contribution >= 0.6 is 0 Å². The van der Waals surface area contributed by atoms with Crippen molar-refractivity contribution in [3.63, 3.8) is 0 Å². The Hall–Kier alpha value is -2.04. The van der Waals surface area contributed by atoms with Gasteiger partial charge in [-0.1, -0.05) is 25.1 Å². The topological polar surface area (TPSA) is 61.8 Å². The van der Waals surface area contributed by atoms with Crippen molar-refractivity contribution in [1.82, 2.24) is 0 Å². The number of hydrogen-bond donors (Lipinski definition) is 0. The van der Waals surface area contributed by atoms with Crippen LogP contribution in [0.2, 0.25) is 0 Å². The van der Waals surface area contributed by atoms with Gasteiger partial charge in [0.25, 0.3) is 0 Å². The van der Waals surface area contributed by atoms with Crippen LogP contribution < -0.4 is 4.74 Å². The fourth-order valence-corrected chi connectivity index (χ4v) is 3.24. The molecule has 1 aliphatic rings. The molecule has 2 rings (SSSR count). The standard InChI is InChI=1S/C19H26O5/c1-12(18(21)22-5)17-13(10-16(20)24-19(2,3)4)11-23-15-9-7-6-8-14(15)17/h6-9,12-13,17H,10-11H2,1-5H3. The Labute approximate surface area is 143 Å². The highest BCUT2D eigenvalue weighted by atomic mass is 16.6. The summed E-state index contributed by atoms with van der Waals surface area (Å²) in [5, 5.41) is 0. The van der Waals surface area contributed by atoms with Gasteiger partial charge in [0.15, 0.2) is 0 Å². The molecule has 0 radical (unpaired) electrons. The van der Waals surface area contributed by atoms with Crippen LogP contribution in [0.15, 0.2) is 24.3 Å². The molecule has 24 heavy (non-hydrogen) atoms. The molecule has 0 aliphatic carbocycles. The number of para-hydroxylation sites is 1. The molecule has 132 valence electrons. The molecule has 1 aliphatic heterocycles. The Kier molecular flexibility index (Phi) is 5.52. The lowest BCUT2D eigenvalue weighted by Gasteiger charge is -2.36. The molecule has 1 heterocycles. The molecule has 0 saturated carbocycles. The highest BCUT2D eigenvalue weighted by Gasteiger charge is 2.39. The number of fused-ring (bicyclic) bond motifs is 1. The molecule has 0 amide bonds. The number of esters is 2. The molecular formula is C19H26O5. The van der Waals surface area contributed by atoms with Gasteiger partial charge in [0, 0.05) is 11.8 Å². The van der Waals surface area contributed by atoms with Gasteiger partial charge in [0.2, 0.25) is 0 Å². The average Bonchev–Trinajstić information content (AvgIpc) is 2.51. The number of ether oxygens (including phenoxy) is 3. The normalized spacial score (nSPS) is 21.2. The van der Waals surface area contributed by atoms with E-state index in [0.717, 1.165) is 11.3 Å². The SMILES string of the molecule is COC(=O)C(C)C1c2ccccc2OCC1CC(=O)OC(C)(C)C. The number of methoxy groups -OCH3 is 1. The van der Waals surface area contributed by atoms with E-state index in [1.165, 1.54) is 7.11 Å². The second-order valence-corrected chi connectivity index (χ2v) is 7.24. The monoisotopic (exact) mass is 334 g/mol. The van der Waals surface area contributed by atoms with E-state index in [2.05, 4.69) is 0 Å². The maximum absolute atomic E-state index is 12.3. The average molecular weight is 334 g/mol. The first kappa shape index (κ1) is 18.3. The molecule has 0 spiro atoms. The summed E-state index contributed by atoms with van der Waals surface area (Å²) in [7, 11) is 1.38. The van der Waals surface area contributed by atoms with Crippen molar-refractivity contribution in [2.24, 2.45) is 11.8 Å². The third-order valence-electron chi connectivity index (χ3n) is 4.20. The van der Waals surface area contributed by atoms with Gasteiger partial charge in [-0.25, -0.2) is 0 Å². The van der Waals surface area contributed by atoms with Gasteiger partial charge in [0.05, 0.1) is 26.1 Å². The van der Waals surface area contributed by atoms with Crippen LogP contribution in [0.3, 0.4) is 0 Å². The Morgan fingerprint density at radius 1 is 1.29 bits per heavy atom. The van der Waals surface area contributed by atoms with Crippen LogP contribution in [-0.2, 0) is 19.1 Å². The van der Waals surface area contributed by atoms with Gasteiger partial charge in [0.1, 0.15) is 11.4 Å². The summed E-state index contributed by atoms with van der Waals surface area (Å²) in [5.74, 6) is -0.451. The molecule has 1 aromatic carbocycles. The van der Waals surface area contributed by atoms with Gasteiger partial charge < -0.3 is 14.2 Å². The van der Waals surface area contributed by atoms with Gasteiger partial charge >= 0.3 is 11.9 Å². The van der Waals surface area contributed by atoms with Crippen molar-refractivity contribution in [1.29, 1.82) is 0 Å². The van der Waals surface area contributed by atoms with Crippen molar-refractivity contribution >= 4 is 11.9 Å². The second kappa shape index (κ2) is 7.24. The summed E-state index contributed by atoms with van der Waals surface area (Å²) in [6.07, 6.45) is 0.206. The zero-order valence-electron chi connectivity index (χ0n) is 15.0. The minimum absolute atomic E-state index is 0.135. The first-order valence-corrected chi connectivity index (χ1v) is 8.24. The highest BCUT2D eigenvalue weighted by Crippen LogP contribution is 2.43. The second-order valence-electron chi connectivity index (χ2n) is 7.24. The quantitative estimate of drug-likeness (QED) is 0.791.